The number of halogens is 1. The van der Waals surface area contributed by atoms with Gasteiger partial charge in [0.05, 0.1) is 0 Å². The van der Waals surface area contributed by atoms with Crippen molar-refractivity contribution in [3.05, 3.63) is 29.8 Å². The van der Waals surface area contributed by atoms with Gasteiger partial charge in [-0.25, -0.2) is 0 Å². The number of guanidine groups is 1. The van der Waals surface area contributed by atoms with Gasteiger partial charge in [0.2, 0.25) is 5.91 Å². The minimum Gasteiger partial charge on any atom is -0.354 e. The van der Waals surface area contributed by atoms with Crippen LogP contribution in [0.3, 0.4) is 0 Å². The normalized spacial score (nSPS) is 15.1. The summed E-state index contributed by atoms with van der Waals surface area (Å²) in [5.74, 6) is 1.12. The van der Waals surface area contributed by atoms with E-state index < -0.39 is 0 Å². The molecule has 1 saturated carbocycles. The number of nitrogens with one attached hydrogen (secondary N) is 3. The monoisotopic (exact) mass is 444 g/mol. The highest BCUT2D eigenvalue weighted by Gasteiger charge is 2.22. The zero-order valence-electron chi connectivity index (χ0n) is 14.8. The minimum absolute atomic E-state index is 0. The van der Waals surface area contributed by atoms with Gasteiger partial charge in [-0.05, 0) is 44.4 Å². The number of carbonyl (C=O) groups is 1. The molecule has 1 aliphatic carbocycles. The first kappa shape index (κ1) is 20.7. The van der Waals surface area contributed by atoms with E-state index in [9.17, 15) is 4.79 Å². The molecule has 1 aliphatic rings. The quantitative estimate of drug-likeness (QED) is 0.370. The molecule has 0 aliphatic heterocycles. The first-order valence-electron chi connectivity index (χ1n) is 8.45. The van der Waals surface area contributed by atoms with Crippen molar-refractivity contribution < 1.29 is 4.79 Å². The Morgan fingerprint density at radius 3 is 2.62 bits per heavy atom. The van der Waals surface area contributed by atoms with Gasteiger partial charge < -0.3 is 16.0 Å². The number of carbonyl (C=O) groups excluding carboxylic acids is 1. The molecule has 0 radical (unpaired) electrons. The average molecular weight is 444 g/mol. The van der Waals surface area contributed by atoms with Gasteiger partial charge in [-0.3, -0.25) is 9.79 Å². The third kappa shape index (κ3) is 6.67. The van der Waals surface area contributed by atoms with Crippen molar-refractivity contribution in [1.82, 2.24) is 10.6 Å². The van der Waals surface area contributed by atoms with Crippen LogP contribution in [0.1, 0.15) is 45.1 Å². The standard InChI is InChI=1S/C18H28N4O.HI/c1-13(2)21-18(19-3)20-12-14-7-6-10-16(11-14)22-17(23)15-8-4-5-9-15;/h6-7,10-11,13,15H,4-5,8-9,12H2,1-3H3,(H,22,23)(H2,19,20,21);1H. The lowest BCUT2D eigenvalue weighted by atomic mass is 10.1. The van der Waals surface area contributed by atoms with Gasteiger partial charge in [0.25, 0.3) is 0 Å². The molecule has 6 heteroatoms. The minimum atomic E-state index is 0. The van der Waals surface area contributed by atoms with Crippen LogP contribution in [-0.4, -0.2) is 25.0 Å². The summed E-state index contributed by atoms with van der Waals surface area (Å²) in [7, 11) is 1.76. The number of rotatable bonds is 5. The second-order valence-corrected chi connectivity index (χ2v) is 6.40. The van der Waals surface area contributed by atoms with Crippen molar-refractivity contribution >= 4 is 41.5 Å². The van der Waals surface area contributed by atoms with Gasteiger partial charge in [0, 0.05) is 31.2 Å². The molecule has 1 aromatic carbocycles. The van der Waals surface area contributed by atoms with E-state index in [0.717, 1.165) is 30.1 Å². The van der Waals surface area contributed by atoms with E-state index in [1.165, 1.54) is 12.8 Å². The first-order valence-corrected chi connectivity index (χ1v) is 8.45. The number of aliphatic imine (C=N–C) groups is 1. The molecule has 0 saturated heterocycles. The van der Waals surface area contributed by atoms with Gasteiger partial charge in [-0.1, -0.05) is 25.0 Å². The predicted molar refractivity (Wildman–Crippen MR) is 111 cm³/mol. The first-order chi connectivity index (χ1) is 11.1. The molecule has 0 aromatic heterocycles. The lowest BCUT2D eigenvalue weighted by molar-refractivity contribution is -0.119. The zero-order valence-corrected chi connectivity index (χ0v) is 17.1. The summed E-state index contributed by atoms with van der Waals surface area (Å²) < 4.78 is 0. The molecule has 0 spiro atoms. The smallest absolute Gasteiger partial charge is 0.227 e. The van der Waals surface area contributed by atoms with Crippen LogP contribution >= 0.6 is 24.0 Å². The molecule has 3 N–H and O–H groups in total. The van der Waals surface area contributed by atoms with Crippen molar-refractivity contribution in [3.63, 3.8) is 0 Å². The summed E-state index contributed by atoms with van der Waals surface area (Å²) in [5, 5.41) is 9.58. The van der Waals surface area contributed by atoms with Gasteiger partial charge in [-0.2, -0.15) is 0 Å². The van der Waals surface area contributed by atoms with Crippen LogP contribution in [0.2, 0.25) is 0 Å². The van der Waals surface area contributed by atoms with Crippen LogP contribution in [0.5, 0.6) is 0 Å². The van der Waals surface area contributed by atoms with Crippen molar-refractivity contribution in [1.29, 1.82) is 0 Å². The highest BCUT2D eigenvalue weighted by Crippen LogP contribution is 2.26. The maximum Gasteiger partial charge on any atom is 0.227 e. The topological polar surface area (TPSA) is 65.5 Å². The lowest BCUT2D eigenvalue weighted by Crippen LogP contribution is -2.40. The maximum absolute atomic E-state index is 12.2. The number of amides is 1. The van der Waals surface area contributed by atoms with Gasteiger partial charge in [0.15, 0.2) is 5.96 Å². The highest BCUT2D eigenvalue weighted by atomic mass is 127. The Bertz CT molecular complexity index is 554. The second-order valence-electron chi connectivity index (χ2n) is 6.40. The van der Waals surface area contributed by atoms with E-state index in [1.54, 1.807) is 7.05 Å². The van der Waals surface area contributed by atoms with E-state index >= 15 is 0 Å². The van der Waals surface area contributed by atoms with Crippen molar-refractivity contribution in [2.24, 2.45) is 10.9 Å². The van der Waals surface area contributed by atoms with Gasteiger partial charge >= 0.3 is 0 Å². The number of hydrogen-bond acceptors (Lipinski definition) is 2. The Morgan fingerprint density at radius 2 is 2.00 bits per heavy atom. The van der Waals surface area contributed by atoms with Gasteiger partial charge in [-0.15, -0.1) is 24.0 Å². The Morgan fingerprint density at radius 1 is 1.29 bits per heavy atom. The summed E-state index contributed by atoms with van der Waals surface area (Å²) in [6.45, 7) is 4.82. The van der Waals surface area contributed by atoms with E-state index in [0.29, 0.717) is 12.6 Å². The van der Waals surface area contributed by atoms with Crippen LogP contribution in [0.25, 0.3) is 0 Å². The summed E-state index contributed by atoms with van der Waals surface area (Å²) in [6, 6.07) is 8.30. The van der Waals surface area contributed by atoms with Gasteiger partial charge in [0.1, 0.15) is 0 Å². The molecule has 0 unspecified atom stereocenters. The SMILES string of the molecule is CN=C(NCc1cccc(NC(=O)C2CCCC2)c1)NC(C)C.I. The summed E-state index contributed by atoms with van der Waals surface area (Å²) in [6.07, 6.45) is 4.38. The fourth-order valence-electron chi connectivity index (χ4n) is 2.85. The molecule has 1 amide bonds. The third-order valence-corrected chi connectivity index (χ3v) is 4.03. The molecule has 0 bridgehead atoms. The maximum atomic E-state index is 12.2. The average Bonchev–Trinajstić information content (AvgIpc) is 3.06. The molecule has 0 atom stereocenters. The van der Waals surface area contributed by atoms with E-state index in [-0.39, 0.29) is 35.8 Å². The van der Waals surface area contributed by atoms with Crippen molar-refractivity contribution in [2.75, 3.05) is 12.4 Å². The number of hydrogen-bond donors (Lipinski definition) is 3. The van der Waals surface area contributed by atoms with Crippen LogP contribution in [0.4, 0.5) is 5.69 Å². The Balaban J connectivity index is 0.00000288. The largest absolute Gasteiger partial charge is 0.354 e. The fourth-order valence-corrected chi connectivity index (χ4v) is 2.85. The number of anilines is 1. The molecule has 1 aromatic rings. The van der Waals surface area contributed by atoms with E-state index in [4.69, 9.17) is 0 Å². The molecule has 2 rings (SSSR count). The molecule has 1 fully saturated rings. The predicted octanol–water partition coefficient (Wildman–Crippen LogP) is 3.51. The van der Waals surface area contributed by atoms with E-state index in [2.05, 4.69) is 34.8 Å². The number of nitrogens with zero attached hydrogens (tertiary/aromatic N) is 1. The molecule has 134 valence electrons. The van der Waals surface area contributed by atoms with Crippen LogP contribution < -0.4 is 16.0 Å². The number of benzene rings is 1. The lowest BCUT2D eigenvalue weighted by Gasteiger charge is -2.15. The summed E-state index contributed by atoms with van der Waals surface area (Å²) in [4.78, 5) is 16.4. The third-order valence-electron chi connectivity index (χ3n) is 4.03. The molecular formula is C18H29IN4O. The molecule has 0 heterocycles. The molecule has 5 nitrogen and oxygen atoms in total. The van der Waals surface area contributed by atoms with E-state index in [1.807, 2.05) is 24.3 Å². The fraction of sp³-hybridized carbons (Fsp3) is 0.556. The Labute approximate surface area is 162 Å². The Kier molecular flexibility index (Phi) is 9.10. The van der Waals surface area contributed by atoms with Crippen LogP contribution in [-0.2, 0) is 11.3 Å². The molecular weight excluding hydrogens is 415 g/mol. The van der Waals surface area contributed by atoms with Crippen molar-refractivity contribution in [2.45, 2.75) is 52.1 Å². The summed E-state index contributed by atoms with van der Waals surface area (Å²) in [5.41, 5.74) is 1.98. The zero-order chi connectivity index (χ0) is 16.7. The second kappa shape index (κ2) is 10.5. The Hall–Kier alpha value is -1.31. The van der Waals surface area contributed by atoms with Crippen LogP contribution in [0.15, 0.2) is 29.3 Å². The van der Waals surface area contributed by atoms with Crippen LogP contribution in [0, 0.1) is 5.92 Å². The molecule has 24 heavy (non-hydrogen) atoms. The van der Waals surface area contributed by atoms with Crippen molar-refractivity contribution in [3.8, 4) is 0 Å². The summed E-state index contributed by atoms with van der Waals surface area (Å²) >= 11 is 0. The highest BCUT2D eigenvalue weighted by molar-refractivity contribution is 14.0.